The fraction of sp³-hybridized carbons (Fsp3) is 0.706. The lowest BCUT2D eigenvalue weighted by atomic mass is 10.1. The Bertz CT molecular complexity index is 448. The number of hydrogen-bond acceptors (Lipinski definition) is 4. The van der Waals surface area contributed by atoms with E-state index in [1.165, 1.54) is 32.1 Å². The molecule has 4 nitrogen and oxygen atoms in total. The summed E-state index contributed by atoms with van der Waals surface area (Å²) in [5.41, 5.74) is 2.62. The maximum Gasteiger partial charge on any atom is 0.200 e. The first-order valence-electron chi connectivity index (χ1n) is 8.12. The number of ether oxygens (including phenoxy) is 2. The van der Waals surface area contributed by atoms with Crippen LogP contribution in [0.15, 0.2) is 6.20 Å². The first kappa shape index (κ1) is 16.2. The summed E-state index contributed by atoms with van der Waals surface area (Å²) in [7, 11) is 0. The molecule has 2 rings (SSSR count). The standard InChI is InChI=1S/C17H27NO3/c1-3-4-5-6-7-8-9-16-20-12-15-14(11-19)10-18-13(2)17(15)21-16/h10,16,19H,3-9,11-12H2,1-2H3. The third-order valence-electron chi connectivity index (χ3n) is 4.03. The van der Waals surface area contributed by atoms with Crippen molar-refractivity contribution in [3.05, 3.63) is 23.0 Å². The Morgan fingerprint density at radius 2 is 2.00 bits per heavy atom. The van der Waals surface area contributed by atoms with Gasteiger partial charge in [-0.1, -0.05) is 39.0 Å². The summed E-state index contributed by atoms with van der Waals surface area (Å²) >= 11 is 0. The smallest absolute Gasteiger partial charge is 0.200 e. The number of fused-ring (bicyclic) bond motifs is 1. The molecule has 21 heavy (non-hydrogen) atoms. The number of aliphatic hydroxyl groups is 1. The average molecular weight is 293 g/mol. The van der Waals surface area contributed by atoms with Gasteiger partial charge < -0.3 is 14.6 Å². The molecule has 118 valence electrons. The lowest BCUT2D eigenvalue weighted by molar-refractivity contribution is -0.113. The molecular weight excluding hydrogens is 266 g/mol. The molecule has 1 atom stereocenters. The van der Waals surface area contributed by atoms with Gasteiger partial charge in [-0.15, -0.1) is 0 Å². The fourth-order valence-corrected chi connectivity index (χ4v) is 2.70. The van der Waals surface area contributed by atoms with Crippen LogP contribution in [0.4, 0.5) is 0 Å². The summed E-state index contributed by atoms with van der Waals surface area (Å²) in [5, 5.41) is 9.34. The van der Waals surface area contributed by atoms with Crippen molar-refractivity contribution in [2.45, 2.75) is 78.3 Å². The van der Waals surface area contributed by atoms with Crippen molar-refractivity contribution < 1.29 is 14.6 Å². The van der Waals surface area contributed by atoms with Gasteiger partial charge >= 0.3 is 0 Å². The summed E-state index contributed by atoms with van der Waals surface area (Å²) in [6.45, 7) is 4.66. The topological polar surface area (TPSA) is 51.6 Å². The van der Waals surface area contributed by atoms with Crippen LogP contribution in [0.2, 0.25) is 0 Å². The van der Waals surface area contributed by atoms with Gasteiger partial charge in [0.25, 0.3) is 0 Å². The predicted molar refractivity (Wildman–Crippen MR) is 82.1 cm³/mol. The van der Waals surface area contributed by atoms with Gasteiger partial charge in [-0.2, -0.15) is 0 Å². The number of rotatable bonds is 8. The number of aromatic nitrogens is 1. The van der Waals surface area contributed by atoms with Crippen LogP contribution in [-0.4, -0.2) is 16.4 Å². The molecule has 0 bridgehead atoms. The minimum absolute atomic E-state index is 0.0234. The predicted octanol–water partition coefficient (Wildman–Crippen LogP) is 3.87. The molecule has 4 heteroatoms. The van der Waals surface area contributed by atoms with Crippen molar-refractivity contribution in [1.29, 1.82) is 0 Å². The molecule has 0 amide bonds. The molecule has 1 aliphatic heterocycles. The highest BCUT2D eigenvalue weighted by atomic mass is 16.7. The molecule has 1 N–H and O–H groups in total. The van der Waals surface area contributed by atoms with E-state index in [-0.39, 0.29) is 12.9 Å². The monoisotopic (exact) mass is 293 g/mol. The van der Waals surface area contributed by atoms with E-state index < -0.39 is 0 Å². The van der Waals surface area contributed by atoms with E-state index in [2.05, 4.69) is 11.9 Å². The summed E-state index contributed by atoms with van der Waals surface area (Å²) in [6.07, 6.45) is 10.1. The third kappa shape index (κ3) is 4.42. The van der Waals surface area contributed by atoms with E-state index in [4.69, 9.17) is 9.47 Å². The first-order valence-corrected chi connectivity index (χ1v) is 8.12. The van der Waals surface area contributed by atoms with Crippen LogP contribution in [0.3, 0.4) is 0 Å². The van der Waals surface area contributed by atoms with E-state index in [1.807, 2.05) is 6.92 Å². The number of aliphatic hydroxyl groups excluding tert-OH is 1. The van der Waals surface area contributed by atoms with Crippen molar-refractivity contribution in [2.75, 3.05) is 0 Å². The van der Waals surface area contributed by atoms with Crippen molar-refractivity contribution in [3.63, 3.8) is 0 Å². The number of nitrogens with zero attached hydrogens (tertiary/aromatic N) is 1. The van der Waals surface area contributed by atoms with Crippen molar-refractivity contribution in [1.82, 2.24) is 4.98 Å². The van der Waals surface area contributed by atoms with E-state index in [9.17, 15) is 5.11 Å². The molecule has 1 aromatic heterocycles. The molecular formula is C17H27NO3. The van der Waals surface area contributed by atoms with Crippen LogP contribution in [0, 0.1) is 6.92 Å². The maximum atomic E-state index is 9.34. The number of hydrogen-bond donors (Lipinski definition) is 1. The first-order chi connectivity index (χ1) is 10.3. The third-order valence-corrected chi connectivity index (χ3v) is 4.03. The van der Waals surface area contributed by atoms with Gasteiger partial charge in [-0.05, 0) is 13.3 Å². The number of aryl methyl sites for hydroxylation is 1. The molecule has 2 heterocycles. The Morgan fingerprint density at radius 1 is 1.24 bits per heavy atom. The molecule has 1 unspecified atom stereocenters. The second kappa shape index (κ2) is 8.35. The van der Waals surface area contributed by atoms with Crippen LogP contribution in [0.1, 0.15) is 68.7 Å². The summed E-state index contributed by atoms with van der Waals surface area (Å²) in [5.74, 6) is 0.809. The lowest BCUT2D eigenvalue weighted by Crippen LogP contribution is -2.27. The van der Waals surface area contributed by atoms with Crippen LogP contribution in [0.25, 0.3) is 0 Å². The summed E-state index contributed by atoms with van der Waals surface area (Å²) in [6, 6.07) is 0. The highest BCUT2D eigenvalue weighted by Crippen LogP contribution is 2.32. The van der Waals surface area contributed by atoms with Crippen LogP contribution < -0.4 is 4.74 Å². The zero-order valence-electron chi connectivity index (χ0n) is 13.2. The van der Waals surface area contributed by atoms with Gasteiger partial charge in [0, 0.05) is 23.7 Å². The molecule has 1 aliphatic rings. The molecule has 0 spiro atoms. The van der Waals surface area contributed by atoms with Crippen LogP contribution in [0.5, 0.6) is 5.75 Å². The largest absolute Gasteiger partial charge is 0.463 e. The van der Waals surface area contributed by atoms with Gasteiger partial charge in [0.1, 0.15) is 5.75 Å². The van der Waals surface area contributed by atoms with E-state index in [0.29, 0.717) is 6.61 Å². The van der Waals surface area contributed by atoms with Gasteiger partial charge in [-0.25, -0.2) is 0 Å². The SMILES string of the molecule is CCCCCCCCC1OCc2c(CO)cnc(C)c2O1. The van der Waals surface area contributed by atoms with Gasteiger partial charge in [0.15, 0.2) is 6.29 Å². The molecule has 1 aromatic rings. The quantitative estimate of drug-likeness (QED) is 0.739. The van der Waals surface area contributed by atoms with Crippen molar-refractivity contribution in [3.8, 4) is 5.75 Å². The van der Waals surface area contributed by atoms with Gasteiger partial charge in [0.2, 0.25) is 0 Å². The van der Waals surface area contributed by atoms with Gasteiger partial charge in [-0.3, -0.25) is 4.98 Å². The number of unbranched alkanes of at least 4 members (excludes halogenated alkanes) is 5. The van der Waals surface area contributed by atoms with E-state index in [1.54, 1.807) is 6.20 Å². The van der Waals surface area contributed by atoms with Crippen molar-refractivity contribution in [2.24, 2.45) is 0 Å². The summed E-state index contributed by atoms with van der Waals surface area (Å²) < 4.78 is 11.7. The molecule has 0 saturated heterocycles. The zero-order valence-corrected chi connectivity index (χ0v) is 13.2. The van der Waals surface area contributed by atoms with Crippen LogP contribution in [-0.2, 0) is 18.0 Å². The normalized spacial score (nSPS) is 17.4. The lowest BCUT2D eigenvalue weighted by Gasteiger charge is -2.28. The fourth-order valence-electron chi connectivity index (χ4n) is 2.70. The molecule has 0 fully saturated rings. The zero-order chi connectivity index (χ0) is 15.1. The van der Waals surface area contributed by atoms with E-state index in [0.717, 1.165) is 35.4 Å². The Kier molecular flexibility index (Phi) is 6.46. The van der Waals surface area contributed by atoms with Crippen LogP contribution >= 0.6 is 0 Å². The number of pyridine rings is 1. The Balaban J connectivity index is 1.82. The highest BCUT2D eigenvalue weighted by Gasteiger charge is 2.24. The highest BCUT2D eigenvalue weighted by molar-refractivity contribution is 5.42. The molecule has 0 radical (unpaired) electrons. The maximum absolute atomic E-state index is 9.34. The van der Waals surface area contributed by atoms with Crippen molar-refractivity contribution >= 4 is 0 Å². The minimum atomic E-state index is -0.168. The Morgan fingerprint density at radius 3 is 2.76 bits per heavy atom. The molecule has 0 aliphatic carbocycles. The summed E-state index contributed by atoms with van der Waals surface area (Å²) in [4.78, 5) is 4.29. The Hall–Kier alpha value is -1.13. The molecule has 0 saturated carbocycles. The van der Waals surface area contributed by atoms with E-state index >= 15 is 0 Å². The minimum Gasteiger partial charge on any atom is -0.463 e. The second-order valence-corrected chi connectivity index (χ2v) is 5.75. The molecule has 0 aromatic carbocycles. The van der Waals surface area contributed by atoms with Gasteiger partial charge in [0.05, 0.1) is 18.9 Å². The Labute approximate surface area is 127 Å². The second-order valence-electron chi connectivity index (χ2n) is 5.75. The average Bonchev–Trinajstić information content (AvgIpc) is 2.51.